The minimum absolute atomic E-state index is 0.308. The van der Waals surface area contributed by atoms with Gasteiger partial charge in [-0.1, -0.05) is 32.4 Å². The first-order valence-electron chi connectivity index (χ1n) is 6.45. The van der Waals surface area contributed by atoms with Crippen molar-refractivity contribution in [3.05, 3.63) is 29.8 Å². The van der Waals surface area contributed by atoms with Gasteiger partial charge in [0.2, 0.25) is 0 Å². The van der Waals surface area contributed by atoms with Crippen molar-refractivity contribution in [2.45, 2.75) is 33.1 Å². The molecule has 0 radical (unpaired) electrons. The van der Waals surface area contributed by atoms with E-state index in [2.05, 4.69) is 13.8 Å². The molecule has 0 aliphatic heterocycles. The van der Waals surface area contributed by atoms with Gasteiger partial charge in [-0.05, 0) is 30.9 Å². The summed E-state index contributed by atoms with van der Waals surface area (Å²) in [6.45, 7) is 4.87. The Bertz CT molecular complexity index is 372. The Kier molecular flexibility index (Phi) is 6.26. The highest BCUT2D eigenvalue weighted by atomic mass is 16.5. The van der Waals surface area contributed by atoms with E-state index in [1.165, 1.54) is 6.42 Å². The van der Waals surface area contributed by atoms with Crippen LogP contribution in [-0.4, -0.2) is 19.7 Å². The van der Waals surface area contributed by atoms with Crippen molar-refractivity contribution in [3.8, 4) is 5.75 Å². The maximum absolute atomic E-state index is 11.8. The number of methoxy groups -OCH3 is 1. The third kappa shape index (κ3) is 4.78. The van der Waals surface area contributed by atoms with Gasteiger partial charge in [0.1, 0.15) is 11.3 Å². The van der Waals surface area contributed by atoms with Crippen LogP contribution in [0.4, 0.5) is 0 Å². The summed E-state index contributed by atoms with van der Waals surface area (Å²) in [6.07, 6.45) is 3.18. The van der Waals surface area contributed by atoms with Crippen LogP contribution >= 0.6 is 0 Å². The van der Waals surface area contributed by atoms with Gasteiger partial charge in [0.15, 0.2) is 0 Å². The number of unbranched alkanes of at least 4 members (excludes halogenated alkanes) is 1. The number of carbonyl (C=O) groups is 1. The first kappa shape index (κ1) is 14.6. The molecule has 0 atom stereocenters. The van der Waals surface area contributed by atoms with Crippen LogP contribution in [0, 0.1) is 5.92 Å². The lowest BCUT2D eigenvalue weighted by Crippen LogP contribution is -2.08. The van der Waals surface area contributed by atoms with E-state index in [-0.39, 0.29) is 5.97 Å². The molecule has 100 valence electrons. The second-order valence-corrected chi connectivity index (χ2v) is 4.73. The summed E-state index contributed by atoms with van der Waals surface area (Å²) in [5.74, 6) is 0.955. The van der Waals surface area contributed by atoms with Crippen molar-refractivity contribution in [3.63, 3.8) is 0 Å². The molecule has 0 aliphatic rings. The highest BCUT2D eigenvalue weighted by Gasteiger charge is 2.12. The van der Waals surface area contributed by atoms with Gasteiger partial charge in [-0.2, -0.15) is 0 Å². The van der Waals surface area contributed by atoms with E-state index in [1.54, 1.807) is 25.3 Å². The van der Waals surface area contributed by atoms with Crippen LogP contribution in [0.2, 0.25) is 0 Å². The van der Waals surface area contributed by atoms with Gasteiger partial charge in [0, 0.05) is 0 Å². The summed E-state index contributed by atoms with van der Waals surface area (Å²) < 4.78 is 10.4. The van der Waals surface area contributed by atoms with Crippen LogP contribution in [0.25, 0.3) is 0 Å². The largest absolute Gasteiger partial charge is 0.496 e. The van der Waals surface area contributed by atoms with Crippen LogP contribution in [0.3, 0.4) is 0 Å². The third-order valence-electron chi connectivity index (χ3n) is 2.74. The predicted octanol–water partition coefficient (Wildman–Crippen LogP) is 3.68. The number of rotatable bonds is 7. The molecule has 3 heteroatoms. The number of carbonyl (C=O) groups excluding carboxylic acids is 1. The zero-order valence-electron chi connectivity index (χ0n) is 11.4. The average molecular weight is 250 g/mol. The molecule has 0 unspecified atom stereocenters. The number of hydrogen-bond acceptors (Lipinski definition) is 3. The molecule has 0 aliphatic carbocycles. The summed E-state index contributed by atoms with van der Waals surface area (Å²) in [5, 5.41) is 0. The lowest BCUT2D eigenvalue weighted by atomic mass is 10.1. The highest BCUT2D eigenvalue weighted by molar-refractivity contribution is 5.92. The van der Waals surface area contributed by atoms with E-state index in [1.807, 2.05) is 6.07 Å². The second kappa shape index (κ2) is 7.75. The van der Waals surface area contributed by atoms with Crippen LogP contribution < -0.4 is 4.74 Å². The number of benzene rings is 1. The molecule has 18 heavy (non-hydrogen) atoms. The highest BCUT2D eigenvalue weighted by Crippen LogP contribution is 2.18. The van der Waals surface area contributed by atoms with E-state index in [0.29, 0.717) is 23.8 Å². The molecule has 3 nitrogen and oxygen atoms in total. The van der Waals surface area contributed by atoms with Gasteiger partial charge >= 0.3 is 5.97 Å². The average Bonchev–Trinajstić information content (AvgIpc) is 2.37. The van der Waals surface area contributed by atoms with E-state index in [4.69, 9.17) is 9.47 Å². The van der Waals surface area contributed by atoms with E-state index >= 15 is 0 Å². The number of para-hydroxylation sites is 1. The van der Waals surface area contributed by atoms with Crippen LogP contribution in [-0.2, 0) is 4.74 Å². The van der Waals surface area contributed by atoms with Gasteiger partial charge < -0.3 is 9.47 Å². The van der Waals surface area contributed by atoms with E-state index in [0.717, 1.165) is 12.8 Å². The van der Waals surface area contributed by atoms with Crippen molar-refractivity contribution in [2.75, 3.05) is 13.7 Å². The molecule has 0 N–H and O–H groups in total. The molecule has 0 saturated carbocycles. The van der Waals surface area contributed by atoms with Crippen LogP contribution in [0.5, 0.6) is 5.75 Å². The zero-order chi connectivity index (χ0) is 13.4. The lowest BCUT2D eigenvalue weighted by Gasteiger charge is -2.09. The molecular formula is C15H22O3. The number of esters is 1. The fourth-order valence-corrected chi connectivity index (χ4v) is 1.71. The van der Waals surface area contributed by atoms with Crippen molar-refractivity contribution < 1.29 is 14.3 Å². The third-order valence-corrected chi connectivity index (χ3v) is 2.74. The first-order valence-corrected chi connectivity index (χ1v) is 6.45. The predicted molar refractivity (Wildman–Crippen MR) is 72.0 cm³/mol. The molecule has 0 spiro atoms. The molecule has 0 bridgehead atoms. The summed E-state index contributed by atoms with van der Waals surface area (Å²) in [7, 11) is 1.55. The lowest BCUT2D eigenvalue weighted by molar-refractivity contribution is 0.0493. The standard InChI is InChI=1S/C15H22O3/c1-12(2)8-6-7-11-18-15(16)13-9-4-5-10-14(13)17-3/h4-5,9-10,12H,6-8,11H2,1-3H3. The molecule has 1 rings (SSSR count). The SMILES string of the molecule is COc1ccccc1C(=O)OCCCCC(C)C. The Morgan fingerprint density at radius 3 is 2.61 bits per heavy atom. The fraction of sp³-hybridized carbons (Fsp3) is 0.533. The molecular weight excluding hydrogens is 228 g/mol. The maximum atomic E-state index is 11.8. The Morgan fingerprint density at radius 1 is 1.22 bits per heavy atom. The minimum atomic E-state index is -0.308. The quantitative estimate of drug-likeness (QED) is 0.547. The Hall–Kier alpha value is -1.51. The van der Waals surface area contributed by atoms with Crippen LogP contribution in [0.15, 0.2) is 24.3 Å². The van der Waals surface area contributed by atoms with Crippen molar-refractivity contribution in [2.24, 2.45) is 5.92 Å². The van der Waals surface area contributed by atoms with Crippen LogP contribution in [0.1, 0.15) is 43.5 Å². The van der Waals surface area contributed by atoms with Crippen molar-refractivity contribution in [1.29, 1.82) is 0 Å². The second-order valence-electron chi connectivity index (χ2n) is 4.73. The topological polar surface area (TPSA) is 35.5 Å². The smallest absolute Gasteiger partial charge is 0.341 e. The monoisotopic (exact) mass is 250 g/mol. The normalized spacial score (nSPS) is 10.4. The molecule has 0 heterocycles. The first-order chi connectivity index (χ1) is 8.65. The minimum Gasteiger partial charge on any atom is -0.496 e. The Labute approximate surface area is 109 Å². The van der Waals surface area contributed by atoms with Gasteiger partial charge in [-0.15, -0.1) is 0 Å². The van der Waals surface area contributed by atoms with Crippen molar-refractivity contribution >= 4 is 5.97 Å². The molecule has 0 fully saturated rings. The molecule has 1 aromatic rings. The van der Waals surface area contributed by atoms with Gasteiger partial charge in [-0.3, -0.25) is 0 Å². The Balaban J connectivity index is 2.36. The fourth-order valence-electron chi connectivity index (χ4n) is 1.71. The zero-order valence-corrected chi connectivity index (χ0v) is 11.4. The van der Waals surface area contributed by atoms with Crippen molar-refractivity contribution in [1.82, 2.24) is 0 Å². The summed E-state index contributed by atoms with van der Waals surface area (Å²) in [5.41, 5.74) is 0.490. The van der Waals surface area contributed by atoms with Gasteiger partial charge in [-0.25, -0.2) is 4.79 Å². The van der Waals surface area contributed by atoms with E-state index in [9.17, 15) is 4.79 Å². The molecule has 0 amide bonds. The summed E-state index contributed by atoms with van der Waals surface area (Å²) in [4.78, 5) is 11.8. The number of ether oxygens (including phenoxy) is 2. The summed E-state index contributed by atoms with van der Waals surface area (Å²) >= 11 is 0. The van der Waals surface area contributed by atoms with Gasteiger partial charge in [0.25, 0.3) is 0 Å². The molecule has 0 aromatic heterocycles. The van der Waals surface area contributed by atoms with Gasteiger partial charge in [0.05, 0.1) is 13.7 Å². The number of hydrogen-bond donors (Lipinski definition) is 0. The molecule has 0 saturated heterocycles. The molecule has 1 aromatic carbocycles. The summed E-state index contributed by atoms with van der Waals surface area (Å²) in [6, 6.07) is 7.11. The Morgan fingerprint density at radius 2 is 1.94 bits per heavy atom. The van der Waals surface area contributed by atoms with E-state index < -0.39 is 0 Å². The maximum Gasteiger partial charge on any atom is 0.341 e.